The summed E-state index contributed by atoms with van der Waals surface area (Å²) in [4.78, 5) is 4.64. The van der Waals surface area contributed by atoms with Crippen molar-refractivity contribution in [3.63, 3.8) is 0 Å². The molecule has 1 aromatic carbocycles. The maximum Gasteiger partial charge on any atom is 0.255 e. The third kappa shape index (κ3) is 2.44. The number of piperidine rings is 1. The molecule has 1 fully saturated rings. The summed E-state index contributed by atoms with van der Waals surface area (Å²) in [6.45, 7) is 1.76. The average Bonchev–Trinajstić information content (AvgIpc) is 3.28. The van der Waals surface area contributed by atoms with E-state index in [9.17, 15) is 0 Å². The van der Waals surface area contributed by atoms with Gasteiger partial charge in [0.05, 0.1) is 5.02 Å². The molecule has 0 saturated carbocycles. The molecule has 3 aromatic rings. The standard InChI is InChI=1S/C16H16ClN5O/c17-13-5-2-1-4-12(13)14-20-15(23-21-14)16(6-9-18-10-7-16)22-11-3-8-19-22/h1-5,8,11,18H,6-7,9-10H2. The number of aromatic nitrogens is 4. The fourth-order valence-electron chi connectivity index (χ4n) is 3.07. The predicted molar refractivity (Wildman–Crippen MR) is 86.2 cm³/mol. The van der Waals surface area contributed by atoms with Crippen molar-refractivity contribution < 1.29 is 4.52 Å². The summed E-state index contributed by atoms with van der Waals surface area (Å²) in [5, 5.41) is 12.5. The van der Waals surface area contributed by atoms with E-state index in [2.05, 4.69) is 20.6 Å². The lowest BCUT2D eigenvalue weighted by Crippen LogP contribution is -2.45. The number of hydrogen-bond acceptors (Lipinski definition) is 5. The molecule has 23 heavy (non-hydrogen) atoms. The minimum Gasteiger partial charge on any atom is -0.336 e. The lowest BCUT2D eigenvalue weighted by molar-refractivity contribution is 0.172. The van der Waals surface area contributed by atoms with Crippen molar-refractivity contribution in [1.82, 2.24) is 25.2 Å². The fraction of sp³-hybridized carbons (Fsp3) is 0.312. The summed E-state index contributed by atoms with van der Waals surface area (Å²) in [5.41, 5.74) is 0.370. The van der Waals surface area contributed by atoms with E-state index in [-0.39, 0.29) is 0 Å². The van der Waals surface area contributed by atoms with Crippen LogP contribution in [0.4, 0.5) is 0 Å². The summed E-state index contributed by atoms with van der Waals surface area (Å²) in [6, 6.07) is 9.41. The minimum atomic E-state index is -0.402. The highest BCUT2D eigenvalue weighted by Gasteiger charge is 2.41. The molecule has 6 nitrogen and oxygen atoms in total. The number of nitrogens with zero attached hydrogens (tertiary/aromatic N) is 4. The second kappa shape index (κ2) is 5.79. The number of halogens is 1. The average molecular weight is 330 g/mol. The van der Waals surface area contributed by atoms with Crippen LogP contribution in [0.5, 0.6) is 0 Å². The largest absolute Gasteiger partial charge is 0.336 e. The summed E-state index contributed by atoms with van der Waals surface area (Å²) >= 11 is 6.24. The molecule has 1 aliphatic rings. The van der Waals surface area contributed by atoms with Crippen molar-refractivity contribution in [2.24, 2.45) is 0 Å². The van der Waals surface area contributed by atoms with Gasteiger partial charge in [-0.25, -0.2) is 0 Å². The summed E-state index contributed by atoms with van der Waals surface area (Å²) in [6.07, 6.45) is 5.41. The molecule has 1 N–H and O–H groups in total. The molecule has 1 aliphatic heterocycles. The summed E-state index contributed by atoms with van der Waals surface area (Å²) < 4.78 is 7.56. The SMILES string of the molecule is Clc1ccccc1-c1noc(C2(n3cccn3)CCNCC2)n1. The fourth-order valence-corrected chi connectivity index (χ4v) is 3.29. The maximum atomic E-state index is 6.24. The van der Waals surface area contributed by atoms with Crippen molar-refractivity contribution >= 4 is 11.6 Å². The molecule has 4 rings (SSSR count). The Balaban J connectivity index is 1.78. The Morgan fingerprint density at radius 3 is 2.74 bits per heavy atom. The molecule has 0 aliphatic carbocycles. The van der Waals surface area contributed by atoms with Crippen molar-refractivity contribution in [2.75, 3.05) is 13.1 Å². The maximum absolute atomic E-state index is 6.24. The molecule has 118 valence electrons. The first-order valence-corrected chi connectivity index (χ1v) is 7.97. The van der Waals surface area contributed by atoms with Crippen LogP contribution in [-0.4, -0.2) is 33.0 Å². The van der Waals surface area contributed by atoms with Gasteiger partial charge in [0.1, 0.15) is 5.54 Å². The van der Waals surface area contributed by atoms with Crippen LogP contribution in [0.1, 0.15) is 18.7 Å². The van der Waals surface area contributed by atoms with E-state index in [1.165, 1.54) is 0 Å². The Morgan fingerprint density at radius 1 is 1.17 bits per heavy atom. The highest BCUT2D eigenvalue weighted by molar-refractivity contribution is 6.33. The molecule has 2 aromatic heterocycles. The molecule has 1 saturated heterocycles. The van der Waals surface area contributed by atoms with Crippen molar-refractivity contribution in [3.05, 3.63) is 53.6 Å². The highest BCUT2D eigenvalue weighted by Crippen LogP contribution is 2.35. The lowest BCUT2D eigenvalue weighted by atomic mass is 9.88. The van der Waals surface area contributed by atoms with Gasteiger partial charge in [0.2, 0.25) is 5.82 Å². The monoisotopic (exact) mass is 329 g/mol. The highest BCUT2D eigenvalue weighted by atomic mass is 35.5. The Morgan fingerprint density at radius 2 is 2.00 bits per heavy atom. The molecule has 0 bridgehead atoms. The van der Waals surface area contributed by atoms with Gasteiger partial charge in [-0.1, -0.05) is 28.9 Å². The first kappa shape index (κ1) is 14.4. The molecular weight excluding hydrogens is 314 g/mol. The van der Waals surface area contributed by atoms with E-state index in [1.807, 2.05) is 41.2 Å². The first-order valence-electron chi connectivity index (χ1n) is 7.59. The van der Waals surface area contributed by atoms with Gasteiger partial charge >= 0.3 is 0 Å². The van der Waals surface area contributed by atoms with E-state index in [1.54, 1.807) is 6.20 Å². The van der Waals surface area contributed by atoms with Gasteiger partial charge in [-0.2, -0.15) is 10.1 Å². The van der Waals surface area contributed by atoms with Crippen LogP contribution < -0.4 is 5.32 Å². The molecular formula is C16H16ClN5O. The van der Waals surface area contributed by atoms with E-state index < -0.39 is 5.54 Å². The normalized spacial score (nSPS) is 17.3. The van der Waals surface area contributed by atoms with Crippen LogP contribution >= 0.6 is 11.6 Å². The van der Waals surface area contributed by atoms with Gasteiger partial charge in [-0.15, -0.1) is 0 Å². The van der Waals surface area contributed by atoms with Gasteiger partial charge in [-0.05, 0) is 44.1 Å². The number of nitrogens with one attached hydrogen (secondary N) is 1. The van der Waals surface area contributed by atoms with Crippen LogP contribution in [0.25, 0.3) is 11.4 Å². The predicted octanol–water partition coefficient (Wildman–Crippen LogP) is 2.71. The lowest BCUT2D eigenvalue weighted by Gasteiger charge is -2.34. The Hall–Kier alpha value is -2.18. The topological polar surface area (TPSA) is 68.8 Å². The quantitative estimate of drug-likeness (QED) is 0.800. The van der Waals surface area contributed by atoms with Gasteiger partial charge in [0.25, 0.3) is 5.89 Å². The van der Waals surface area contributed by atoms with E-state index in [0.29, 0.717) is 16.7 Å². The van der Waals surface area contributed by atoms with Gasteiger partial charge in [0.15, 0.2) is 0 Å². The Labute approximate surface area is 138 Å². The second-order valence-corrected chi connectivity index (χ2v) is 6.04. The van der Waals surface area contributed by atoms with Gasteiger partial charge in [0, 0.05) is 18.0 Å². The third-order valence-corrected chi connectivity index (χ3v) is 4.64. The molecule has 0 unspecified atom stereocenters. The van der Waals surface area contributed by atoms with Gasteiger partial charge < -0.3 is 9.84 Å². The van der Waals surface area contributed by atoms with E-state index >= 15 is 0 Å². The molecule has 7 heteroatoms. The molecule has 0 atom stereocenters. The molecule has 3 heterocycles. The first-order chi connectivity index (χ1) is 11.3. The van der Waals surface area contributed by atoms with Crippen LogP contribution in [0.3, 0.4) is 0 Å². The van der Waals surface area contributed by atoms with Crippen LogP contribution in [0.15, 0.2) is 47.2 Å². The zero-order chi connectivity index (χ0) is 15.7. The molecule has 0 spiro atoms. The zero-order valence-corrected chi connectivity index (χ0v) is 13.2. The number of rotatable bonds is 3. The Kier molecular flexibility index (Phi) is 3.63. The minimum absolute atomic E-state index is 0.402. The van der Waals surface area contributed by atoms with E-state index in [0.717, 1.165) is 31.5 Å². The molecule has 0 radical (unpaired) electrons. The molecule has 0 amide bonds. The van der Waals surface area contributed by atoms with Crippen molar-refractivity contribution in [1.29, 1.82) is 0 Å². The van der Waals surface area contributed by atoms with Crippen LogP contribution in [0.2, 0.25) is 5.02 Å². The second-order valence-electron chi connectivity index (χ2n) is 5.64. The zero-order valence-electron chi connectivity index (χ0n) is 12.4. The van der Waals surface area contributed by atoms with Crippen molar-refractivity contribution in [2.45, 2.75) is 18.4 Å². The summed E-state index contributed by atoms with van der Waals surface area (Å²) in [5.74, 6) is 1.09. The van der Waals surface area contributed by atoms with E-state index in [4.69, 9.17) is 16.1 Å². The Bertz CT molecular complexity index is 792. The summed E-state index contributed by atoms with van der Waals surface area (Å²) in [7, 11) is 0. The van der Waals surface area contributed by atoms with Crippen LogP contribution in [-0.2, 0) is 5.54 Å². The van der Waals surface area contributed by atoms with Gasteiger partial charge in [-0.3, -0.25) is 4.68 Å². The third-order valence-electron chi connectivity index (χ3n) is 4.31. The number of hydrogen-bond donors (Lipinski definition) is 1. The van der Waals surface area contributed by atoms with Crippen molar-refractivity contribution in [3.8, 4) is 11.4 Å². The smallest absolute Gasteiger partial charge is 0.255 e. The van der Waals surface area contributed by atoms with Crippen LogP contribution in [0, 0.1) is 0 Å². The number of benzene rings is 1.